The second-order valence-electron chi connectivity index (χ2n) is 9.34. The number of benzene rings is 2. The summed E-state index contributed by atoms with van der Waals surface area (Å²) < 4.78 is 49.5. The van der Waals surface area contributed by atoms with E-state index in [1.165, 1.54) is 12.1 Å². The zero-order valence-electron chi connectivity index (χ0n) is 19.1. The van der Waals surface area contributed by atoms with Gasteiger partial charge in [-0.2, -0.15) is 13.2 Å². The number of aliphatic hydroxyl groups is 1. The third kappa shape index (κ3) is 5.39. The lowest BCUT2D eigenvalue weighted by atomic mass is 9.71. The van der Waals surface area contributed by atoms with Crippen LogP contribution in [0.1, 0.15) is 44.6 Å². The minimum Gasteiger partial charge on any atom is -0.481 e. The fourth-order valence-corrected chi connectivity index (χ4v) is 4.93. The van der Waals surface area contributed by atoms with E-state index in [0.29, 0.717) is 51.0 Å². The number of nitrogens with zero attached hydrogens (tertiary/aromatic N) is 1. The molecule has 2 aliphatic rings. The fraction of sp³-hybridized carbons (Fsp3) is 0.500. The Morgan fingerprint density at radius 3 is 2.35 bits per heavy atom. The Kier molecular flexibility index (Phi) is 7.19. The number of hydrogen-bond donors (Lipinski definition) is 1. The lowest BCUT2D eigenvalue weighted by molar-refractivity contribution is -0.189. The first-order valence-electron chi connectivity index (χ1n) is 11.6. The van der Waals surface area contributed by atoms with Crippen LogP contribution in [0.3, 0.4) is 0 Å². The van der Waals surface area contributed by atoms with Gasteiger partial charge in [0.2, 0.25) is 5.91 Å². The second-order valence-corrected chi connectivity index (χ2v) is 9.34. The molecule has 1 saturated heterocycles. The summed E-state index contributed by atoms with van der Waals surface area (Å²) in [6.07, 6.45) is -3.75. The van der Waals surface area contributed by atoms with Crippen molar-refractivity contribution in [3.05, 3.63) is 60.2 Å². The molecule has 8 heteroatoms. The number of rotatable bonds is 7. The molecule has 2 fully saturated rings. The van der Waals surface area contributed by atoms with Crippen LogP contribution < -0.4 is 9.64 Å². The molecular weight excluding hydrogens is 447 g/mol. The van der Waals surface area contributed by atoms with E-state index >= 15 is 0 Å². The van der Waals surface area contributed by atoms with E-state index in [-0.39, 0.29) is 23.8 Å². The highest BCUT2D eigenvalue weighted by Crippen LogP contribution is 2.49. The third-order valence-corrected chi connectivity index (χ3v) is 6.89. The van der Waals surface area contributed by atoms with Crippen molar-refractivity contribution in [1.29, 1.82) is 0 Å². The predicted molar refractivity (Wildman–Crippen MR) is 121 cm³/mol. The molecule has 1 aliphatic heterocycles. The van der Waals surface area contributed by atoms with Crippen LogP contribution in [0, 0.1) is 5.41 Å². The Balaban J connectivity index is 1.51. The maximum absolute atomic E-state index is 13.6. The summed E-state index contributed by atoms with van der Waals surface area (Å²) in [6, 6.07) is 15.7. The van der Waals surface area contributed by atoms with Gasteiger partial charge in [-0.25, -0.2) is 0 Å². The Bertz CT molecular complexity index is 956. The van der Waals surface area contributed by atoms with Gasteiger partial charge in [0.15, 0.2) is 6.10 Å². The number of alkyl halides is 3. The maximum Gasteiger partial charge on any atom is 0.425 e. The summed E-state index contributed by atoms with van der Waals surface area (Å²) in [5.74, 6) is 0.0811. The summed E-state index contributed by atoms with van der Waals surface area (Å²) in [4.78, 5) is 15.4. The molecule has 1 amide bonds. The van der Waals surface area contributed by atoms with Gasteiger partial charge in [-0.3, -0.25) is 4.79 Å². The quantitative estimate of drug-likeness (QED) is 0.591. The molecule has 1 aliphatic carbocycles. The smallest absolute Gasteiger partial charge is 0.425 e. The molecule has 2 aromatic rings. The number of ether oxygens (including phenoxy) is 2. The number of anilines is 1. The molecular formula is C26H30F3NO4. The molecule has 184 valence electrons. The van der Waals surface area contributed by atoms with Crippen molar-refractivity contribution in [1.82, 2.24) is 0 Å². The van der Waals surface area contributed by atoms with Crippen molar-refractivity contribution in [2.24, 2.45) is 5.41 Å². The SMILES string of the molecule is C[C@@H](Oc1ccc(N2C(=O)C3(CCC(O)CC3)CC2COCc2ccccc2)cc1)C(F)(F)F. The molecule has 0 radical (unpaired) electrons. The number of carbonyl (C=O) groups is 1. The van der Waals surface area contributed by atoms with E-state index in [2.05, 4.69) is 0 Å². The van der Waals surface area contributed by atoms with E-state index in [4.69, 9.17) is 9.47 Å². The van der Waals surface area contributed by atoms with Crippen LogP contribution in [0.2, 0.25) is 0 Å². The normalized spacial score (nSPS) is 26.1. The number of amides is 1. The minimum absolute atomic E-state index is 0.00922. The van der Waals surface area contributed by atoms with Gasteiger partial charge < -0.3 is 19.5 Å². The Morgan fingerprint density at radius 1 is 1.09 bits per heavy atom. The molecule has 34 heavy (non-hydrogen) atoms. The Morgan fingerprint density at radius 2 is 1.74 bits per heavy atom. The number of hydrogen-bond acceptors (Lipinski definition) is 4. The molecule has 1 heterocycles. The highest BCUT2D eigenvalue weighted by Gasteiger charge is 2.53. The summed E-state index contributed by atoms with van der Waals surface area (Å²) in [5.41, 5.74) is 1.10. The first-order chi connectivity index (χ1) is 16.2. The monoisotopic (exact) mass is 477 g/mol. The first kappa shape index (κ1) is 24.5. The molecule has 1 spiro atoms. The summed E-state index contributed by atoms with van der Waals surface area (Å²) in [5, 5.41) is 9.97. The van der Waals surface area contributed by atoms with E-state index in [9.17, 15) is 23.1 Å². The zero-order valence-corrected chi connectivity index (χ0v) is 19.1. The van der Waals surface area contributed by atoms with Crippen molar-refractivity contribution in [3.8, 4) is 5.75 Å². The first-order valence-corrected chi connectivity index (χ1v) is 11.6. The standard InChI is InChI=1S/C26H30F3NO4/c1-18(26(27,28)29)34-23-9-7-20(8-10-23)30-21(17-33-16-19-5-3-2-4-6-19)15-25(24(30)32)13-11-22(31)12-14-25/h2-10,18,21-22,31H,11-17H2,1H3/t18-,21?,22?,25?/m1/s1. The number of carbonyl (C=O) groups excluding carboxylic acids is 1. The summed E-state index contributed by atoms with van der Waals surface area (Å²) in [7, 11) is 0. The largest absolute Gasteiger partial charge is 0.481 e. The van der Waals surface area contributed by atoms with E-state index < -0.39 is 17.7 Å². The van der Waals surface area contributed by atoms with Crippen molar-refractivity contribution in [2.45, 2.75) is 70.1 Å². The number of halogens is 3. The molecule has 0 aromatic heterocycles. The second kappa shape index (κ2) is 9.96. The predicted octanol–water partition coefficient (Wildman–Crippen LogP) is 5.26. The van der Waals surface area contributed by atoms with Crippen LogP contribution in [0.25, 0.3) is 0 Å². The Labute approximate surface area is 197 Å². The van der Waals surface area contributed by atoms with E-state index in [1.54, 1.807) is 17.0 Å². The molecule has 1 N–H and O–H groups in total. The highest BCUT2D eigenvalue weighted by atomic mass is 19.4. The van der Waals surface area contributed by atoms with Crippen LogP contribution >= 0.6 is 0 Å². The number of aliphatic hydroxyl groups excluding tert-OH is 1. The lowest BCUT2D eigenvalue weighted by Crippen LogP contribution is -2.40. The molecule has 2 atom stereocenters. The Hall–Kier alpha value is -2.58. The topological polar surface area (TPSA) is 59.0 Å². The average molecular weight is 478 g/mol. The van der Waals surface area contributed by atoms with Crippen molar-refractivity contribution >= 4 is 11.6 Å². The van der Waals surface area contributed by atoms with Gasteiger partial charge in [-0.05, 0) is 68.9 Å². The third-order valence-electron chi connectivity index (χ3n) is 6.89. The molecule has 5 nitrogen and oxygen atoms in total. The molecule has 0 bridgehead atoms. The average Bonchev–Trinajstić information content (AvgIpc) is 3.07. The van der Waals surface area contributed by atoms with Crippen molar-refractivity contribution in [3.63, 3.8) is 0 Å². The van der Waals surface area contributed by atoms with Crippen LogP contribution in [0.4, 0.5) is 18.9 Å². The van der Waals surface area contributed by atoms with Crippen LogP contribution in [0.15, 0.2) is 54.6 Å². The van der Waals surface area contributed by atoms with Gasteiger partial charge in [0.1, 0.15) is 5.75 Å². The highest BCUT2D eigenvalue weighted by molar-refractivity contribution is 6.00. The maximum atomic E-state index is 13.6. The van der Waals surface area contributed by atoms with E-state index in [1.807, 2.05) is 30.3 Å². The molecule has 1 unspecified atom stereocenters. The molecule has 2 aromatic carbocycles. The van der Waals surface area contributed by atoms with Crippen molar-refractivity contribution < 1.29 is 32.5 Å². The van der Waals surface area contributed by atoms with Gasteiger partial charge in [-0.15, -0.1) is 0 Å². The summed E-state index contributed by atoms with van der Waals surface area (Å²) in [6.45, 7) is 1.72. The van der Waals surface area contributed by atoms with Gasteiger partial charge >= 0.3 is 6.18 Å². The lowest BCUT2D eigenvalue weighted by Gasteiger charge is -2.33. The summed E-state index contributed by atoms with van der Waals surface area (Å²) >= 11 is 0. The van der Waals surface area contributed by atoms with Crippen molar-refractivity contribution in [2.75, 3.05) is 11.5 Å². The van der Waals surface area contributed by atoms with Gasteiger partial charge in [0.05, 0.1) is 30.8 Å². The van der Waals surface area contributed by atoms with Gasteiger partial charge in [0, 0.05) is 5.69 Å². The molecule has 1 saturated carbocycles. The fourth-order valence-electron chi connectivity index (χ4n) is 4.93. The minimum atomic E-state index is -4.46. The van der Waals surface area contributed by atoms with Gasteiger partial charge in [-0.1, -0.05) is 30.3 Å². The molecule has 4 rings (SSSR count). The van der Waals surface area contributed by atoms with Crippen LogP contribution in [-0.4, -0.2) is 42.0 Å². The van der Waals surface area contributed by atoms with Gasteiger partial charge in [0.25, 0.3) is 0 Å². The van der Waals surface area contributed by atoms with Crippen LogP contribution in [-0.2, 0) is 16.1 Å². The van der Waals surface area contributed by atoms with Crippen LogP contribution in [0.5, 0.6) is 5.75 Å². The van der Waals surface area contributed by atoms with E-state index in [0.717, 1.165) is 12.5 Å². The zero-order chi connectivity index (χ0) is 24.3.